The highest BCUT2D eigenvalue weighted by atomic mass is 35.5. The summed E-state index contributed by atoms with van der Waals surface area (Å²) in [5, 5.41) is 0.774. The highest BCUT2D eigenvalue weighted by Gasteiger charge is 2.10. The number of amides is 1. The number of carbonyl (C=O) groups excluding carboxylic acids is 1. The molecule has 1 amide bonds. The summed E-state index contributed by atoms with van der Waals surface area (Å²) in [5.74, 6) is -0.230. The first kappa shape index (κ1) is 12.1. The van der Waals surface area contributed by atoms with Gasteiger partial charge in [-0.2, -0.15) is 0 Å². The molecule has 1 aromatic carbocycles. The molecule has 6 heteroatoms. The highest BCUT2D eigenvalue weighted by Crippen LogP contribution is 2.32. The van der Waals surface area contributed by atoms with Gasteiger partial charge in [0.25, 0.3) is 5.91 Å². The zero-order chi connectivity index (χ0) is 11.4. The molecular formula is C9H10Cl2N2O2. The Hall–Kier alpha value is -0.970. The number of rotatable bonds is 4. The summed E-state index contributed by atoms with van der Waals surface area (Å²) in [5.41, 5.74) is 11.1. The first-order valence-electron chi connectivity index (χ1n) is 4.13. The van der Waals surface area contributed by atoms with E-state index in [0.717, 1.165) is 0 Å². The van der Waals surface area contributed by atoms with Crippen molar-refractivity contribution in [2.45, 2.75) is 6.54 Å². The van der Waals surface area contributed by atoms with Gasteiger partial charge in [0.15, 0.2) is 6.61 Å². The third-order valence-electron chi connectivity index (χ3n) is 1.66. The molecule has 0 saturated heterocycles. The lowest BCUT2D eigenvalue weighted by molar-refractivity contribution is -0.119. The molecule has 1 rings (SSSR count). The Labute approximate surface area is 97.1 Å². The number of nitrogens with two attached hydrogens (primary N) is 2. The molecule has 0 aromatic heterocycles. The first-order chi connectivity index (χ1) is 7.04. The van der Waals surface area contributed by atoms with Gasteiger partial charge in [0.2, 0.25) is 0 Å². The van der Waals surface area contributed by atoms with Crippen molar-refractivity contribution in [3.63, 3.8) is 0 Å². The molecule has 0 saturated carbocycles. The number of ether oxygens (including phenoxy) is 1. The molecular weight excluding hydrogens is 239 g/mol. The zero-order valence-corrected chi connectivity index (χ0v) is 9.31. The Morgan fingerprint density at radius 1 is 1.40 bits per heavy atom. The molecule has 1 aromatic rings. The summed E-state index contributed by atoms with van der Waals surface area (Å²) < 4.78 is 5.13. The molecule has 0 bridgehead atoms. The number of halogens is 2. The van der Waals surface area contributed by atoms with E-state index in [9.17, 15) is 4.79 Å². The third-order valence-corrected chi connectivity index (χ3v) is 2.16. The molecule has 15 heavy (non-hydrogen) atoms. The lowest BCUT2D eigenvalue weighted by atomic mass is 10.2. The Morgan fingerprint density at radius 3 is 2.60 bits per heavy atom. The van der Waals surface area contributed by atoms with E-state index in [1.807, 2.05) is 0 Å². The smallest absolute Gasteiger partial charge is 0.255 e. The summed E-state index contributed by atoms with van der Waals surface area (Å²) in [7, 11) is 0. The van der Waals surface area contributed by atoms with Crippen molar-refractivity contribution in [3.05, 3.63) is 27.7 Å². The number of benzene rings is 1. The van der Waals surface area contributed by atoms with Gasteiger partial charge in [-0.15, -0.1) is 0 Å². The van der Waals surface area contributed by atoms with Crippen LogP contribution in [0.2, 0.25) is 10.0 Å². The van der Waals surface area contributed by atoms with Crippen molar-refractivity contribution in [2.24, 2.45) is 11.5 Å². The molecule has 0 unspecified atom stereocenters. The van der Waals surface area contributed by atoms with E-state index in [-0.39, 0.29) is 13.2 Å². The quantitative estimate of drug-likeness (QED) is 0.844. The van der Waals surface area contributed by atoms with Gasteiger partial charge in [0.1, 0.15) is 5.75 Å². The summed E-state index contributed by atoms with van der Waals surface area (Å²) in [4.78, 5) is 10.5. The van der Waals surface area contributed by atoms with Crippen LogP contribution in [0.1, 0.15) is 5.56 Å². The predicted octanol–water partition coefficient (Wildman–Crippen LogP) is 1.32. The molecule has 0 aliphatic heterocycles. The number of primary amides is 1. The number of carbonyl (C=O) groups is 1. The van der Waals surface area contributed by atoms with E-state index < -0.39 is 5.91 Å². The molecule has 0 fully saturated rings. The van der Waals surface area contributed by atoms with Crippen molar-refractivity contribution >= 4 is 29.1 Å². The summed E-state index contributed by atoms with van der Waals surface area (Å²) in [6.07, 6.45) is 0. The molecule has 0 aliphatic rings. The summed E-state index contributed by atoms with van der Waals surface area (Å²) in [6, 6.07) is 3.14. The molecule has 82 valence electrons. The van der Waals surface area contributed by atoms with Gasteiger partial charge in [-0.3, -0.25) is 4.79 Å². The Bertz CT molecular complexity index is 383. The monoisotopic (exact) mass is 248 g/mol. The van der Waals surface area contributed by atoms with Gasteiger partial charge in [-0.25, -0.2) is 0 Å². The first-order valence-corrected chi connectivity index (χ1v) is 4.89. The number of hydrogen-bond donors (Lipinski definition) is 2. The van der Waals surface area contributed by atoms with Gasteiger partial charge in [-0.05, 0) is 12.1 Å². The van der Waals surface area contributed by atoms with Gasteiger partial charge in [0.05, 0.1) is 5.02 Å². The minimum atomic E-state index is -0.580. The van der Waals surface area contributed by atoms with E-state index in [4.69, 9.17) is 39.4 Å². The van der Waals surface area contributed by atoms with Crippen LogP contribution in [0.15, 0.2) is 12.1 Å². The molecule has 0 atom stereocenters. The van der Waals surface area contributed by atoms with Crippen LogP contribution in [0, 0.1) is 0 Å². The lowest BCUT2D eigenvalue weighted by Crippen LogP contribution is -2.20. The Morgan fingerprint density at radius 2 is 2.07 bits per heavy atom. The van der Waals surface area contributed by atoms with E-state index in [1.165, 1.54) is 6.07 Å². The zero-order valence-electron chi connectivity index (χ0n) is 7.80. The lowest BCUT2D eigenvalue weighted by Gasteiger charge is -2.11. The van der Waals surface area contributed by atoms with E-state index in [0.29, 0.717) is 21.4 Å². The minimum Gasteiger partial charge on any atom is -0.482 e. The second-order valence-electron chi connectivity index (χ2n) is 2.83. The maximum Gasteiger partial charge on any atom is 0.255 e. The van der Waals surface area contributed by atoms with Gasteiger partial charge >= 0.3 is 0 Å². The van der Waals surface area contributed by atoms with Crippen molar-refractivity contribution in [3.8, 4) is 5.75 Å². The molecule has 0 radical (unpaired) electrons. The summed E-state index contributed by atoms with van der Waals surface area (Å²) >= 11 is 11.7. The van der Waals surface area contributed by atoms with Crippen LogP contribution in [0.25, 0.3) is 0 Å². The summed E-state index contributed by atoms with van der Waals surface area (Å²) in [6.45, 7) is -0.0251. The van der Waals surface area contributed by atoms with Gasteiger partial charge < -0.3 is 16.2 Å². The normalized spacial score (nSPS) is 10.1. The topological polar surface area (TPSA) is 78.3 Å². The van der Waals surface area contributed by atoms with Crippen LogP contribution in [0.5, 0.6) is 5.75 Å². The second kappa shape index (κ2) is 5.21. The van der Waals surface area contributed by atoms with Crippen molar-refractivity contribution in [1.82, 2.24) is 0 Å². The van der Waals surface area contributed by atoms with Crippen LogP contribution in [0.3, 0.4) is 0 Å². The second-order valence-corrected chi connectivity index (χ2v) is 3.68. The Balaban J connectivity index is 2.98. The SMILES string of the molecule is NCc1cc(Cl)cc(Cl)c1OCC(N)=O. The van der Waals surface area contributed by atoms with Crippen LogP contribution in [-0.4, -0.2) is 12.5 Å². The van der Waals surface area contributed by atoms with Crippen LogP contribution < -0.4 is 16.2 Å². The standard InChI is InChI=1S/C9H10Cl2N2O2/c10-6-1-5(3-12)9(7(11)2-6)15-4-8(13)14/h1-2H,3-4,12H2,(H2,13,14). The number of hydrogen-bond acceptors (Lipinski definition) is 3. The molecule has 4 N–H and O–H groups in total. The predicted molar refractivity (Wildman–Crippen MR) is 59.0 cm³/mol. The fraction of sp³-hybridized carbons (Fsp3) is 0.222. The third kappa shape index (κ3) is 3.27. The Kier molecular flexibility index (Phi) is 4.20. The maximum atomic E-state index is 10.5. The van der Waals surface area contributed by atoms with Crippen molar-refractivity contribution in [2.75, 3.05) is 6.61 Å². The fourth-order valence-electron chi connectivity index (χ4n) is 1.07. The van der Waals surface area contributed by atoms with Crippen molar-refractivity contribution < 1.29 is 9.53 Å². The van der Waals surface area contributed by atoms with Crippen LogP contribution in [0.4, 0.5) is 0 Å². The fourth-order valence-corrected chi connectivity index (χ4v) is 1.66. The van der Waals surface area contributed by atoms with E-state index in [2.05, 4.69) is 0 Å². The van der Waals surface area contributed by atoms with Crippen LogP contribution in [-0.2, 0) is 11.3 Å². The van der Waals surface area contributed by atoms with Crippen molar-refractivity contribution in [1.29, 1.82) is 0 Å². The van der Waals surface area contributed by atoms with Gasteiger partial charge in [0, 0.05) is 17.1 Å². The molecule has 0 aliphatic carbocycles. The minimum absolute atomic E-state index is 0.217. The largest absolute Gasteiger partial charge is 0.482 e. The van der Waals surface area contributed by atoms with E-state index >= 15 is 0 Å². The van der Waals surface area contributed by atoms with Crippen LogP contribution >= 0.6 is 23.2 Å². The molecule has 4 nitrogen and oxygen atoms in total. The highest BCUT2D eigenvalue weighted by molar-refractivity contribution is 6.35. The van der Waals surface area contributed by atoms with E-state index in [1.54, 1.807) is 6.07 Å². The molecule has 0 spiro atoms. The average molecular weight is 249 g/mol. The molecule has 0 heterocycles. The average Bonchev–Trinajstić information content (AvgIpc) is 2.14. The maximum absolute atomic E-state index is 10.5. The van der Waals surface area contributed by atoms with Gasteiger partial charge in [-0.1, -0.05) is 23.2 Å².